The van der Waals surface area contributed by atoms with Crippen molar-refractivity contribution in [1.82, 2.24) is 9.78 Å². The van der Waals surface area contributed by atoms with Gasteiger partial charge >= 0.3 is 0 Å². The fourth-order valence-electron chi connectivity index (χ4n) is 1.31. The molecule has 0 saturated carbocycles. The SMILES string of the molecule is Cc1c(SS)cnn1-c1ccccc1. The van der Waals surface area contributed by atoms with Gasteiger partial charge in [-0.25, -0.2) is 4.68 Å². The zero-order valence-electron chi connectivity index (χ0n) is 7.71. The van der Waals surface area contributed by atoms with E-state index in [-0.39, 0.29) is 0 Å². The van der Waals surface area contributed by atoms with Crippen LogP contribution in [-0.2, 0) is 0 Å². The highest BCUT2D eigenvalue weighted by Crippen LogP contribution is 2.26. The van der Waals surface area contributed by atoms with E-state index < -0.39 is 0 Å². The normalized spacial score (nSPS) is 10.4. The fraction of sp³-hybridized carbons (Fsp3) is 0.100. The predicted octanol–water partition coefficient (Wildman–Crippen LogP) is 3.12. The molecule has 72 valence electrons. The highest BCUT2D eigenvalue weighted by Gasteiger charge is 2.06. The number of aromatic nitrogens is 2. The maximum absolute atomic E-state index is 4.30. The Morgan fingerprint density at radius 1 is 1.29 bits per heavy atom. The molecule has 0 N–H and O–H groups in total. The van der Waals surface area contributed by atoms with Gasteiger partial charge in [-0.15, -0.1) is 11.7 Å². The fourth-order valence-corrected chi connectivity index (χ4v) is 2.16. The van der Waals surface area contributed by atoms with Crippen LogP contribution >= 0.6 is 22.5 Å². The van der Waals surface area contributed by atoms with Crippen molar-refractivity contribution in [3.8, 4) is 5.69 Å². The van der Waals surface area contributed by atoms with Gasteiger partial charge in [0, 0.05) is 0 Å². The van der Waals surface area contributed by atoms with Gasteiger partial charge in [0.05, 0.1) is 22.5 Å². The number of thiol groups is 1. The van der Waals surface area contributed by atoms with E-state index in [4.69, 9.17) is 0 Å². The molecule has 1 aromatic carbocycles. The number of hydrogen-bond donors (Lipinski definition) is 1. The lowest BCUT2D eigenvalue weighted by atomic mass is 10.3. The molecule has 0 spiro atoms. The summed E-state index contributed by atoms with van der Waals surface area (Å²) in [6.07, 6.45) is 1.83. The summed E-state index contributed by atoms with van der Waals surface area (Å²) >= 11 is 4.17. The highest BCUT2D eigenvalue weighted by atomic mass is 33.1. The van der Waals surface area contributed by atoms with Crippen LogP contribution in [0.15, 0.2) is 41.4 Å². The van der Waals surface area contributed by atoms with Crippen molar-refractivity contribution in [3.63, 3.8) is 0 Å². The Labute approximate surface area is 92.1 Å². The lowest BCUT2D eigenvalue weighted by molar-refractivity contribution is 0.844. The first-order valence-electron chi connectivity index (χ1n) is 4.24. The summed E-state index contributed by atoms with van der Waals surface area (Å²) in [4.78, 5) is 1.09. The molecule has 0 saturated heterocycles. The predicted molar refractivity (Wildman–Crippen MR) is 63.1 cm³/mol. The quantitative estimate of drug-likeness (QED) is 0.621. The van der Waals surface area contributed by atoms with Crippen LogP contribution in [0.4, 0.5) is 0 Å². The molecule has 1 aromatic heterocycles. The van der Waals surface area contributed by atoms with Gasteiger partial charge in [-0.3, -0.25) is 0 Å². The van der Waals surface area contributed by atoms with Gasteiger partial charge in [0.15, 0.2) is 0 Å². The second-order valence-electron chi connectivity index (χ2n) is 2.93. The Morgan fingerprint density at radius 2 is 2.00 bits per heavy atom. The molecule has 0 bridgehead atoms. The molecular formula is C10H10N2S2. The molecule has 0 amide bonds. The smallest absolute Gasteiger partial charge is 0.0649 e. The lowest BCUT2D eigenvalue weighted by Crippen LogP contribution is -1.97. The second-order valence-corrected chi connectivity index (χ2v) is 4.10. The number of hydrogen-bond acceptors (Lipinski definition) is 3. The van der Waals surface area contributed by atoms with E-state index in [9.17, 15) is 0 Å². The number of rotatable bonds is 2. The van der Waals surface area contributed by atoms with Crippen LogP contribution in [0.2, 0.25) is 0 Å². The molecule has 0 unspecified atom stereocenters. The molecule has 0 atom stereocenters. The third-order valence-electron chi connectivity index (χ3n) is 2.06. The Kier molecular flexibility index (Phi) is 2.84. The van der Waals surface area contributed by atoms with Crippen LogP contribution in [-0.4, -0.2) is 9.78 Å². The van der Waals surface area contributed by atoms with Gasteiger partial charge < -0.3 is 0 Å². The third-order valence-corrected chi connectivity index (χ3v) is 3.25. The van der Waals surface area contributed by atoms with Gasteiger partial charge in [-0.2, -0.15) is 5.10 Å². The molecule has 2 nitrogen and oxygen atoms in total. The summed E-state index contributed by atoms with van der Waals surface area (Å²) in [6.45, 7) is 2.04. The Balaban J connectivity index is 2.48. The first-order valence-corrected chi connectivity index (χ1v) is 6.11. The van der Waals surface area contributed by atoms with Gasteiger partial charge in [0.25, 0.3) is 0 Å². The Morgan fingerprint density at radius 3 is 2.57 bits per heavy atom. The van der Waals surface area contributed by atoms with E-state index in [0.29, 0.717) is 0 Å². The Hall–Kier alpha value is -0.870. The zero-order valence-corrected chi connectivity index (χ0v) is 9.42. The van der Waals surface area contributed by atoms with Crippen molar-refractivity contribution in [1.29, 1.82) is 0 Å². The average molecular weight is 222 g/mol. The standard InChI is InChI=1S/C10H10N2S2/c1-8-10(14-13)7-11-12(8)9-5-3-2-4-6-9/h2-7,13H,1H3. The molecule has 1 heterocycles. The van der Waals surface area contributed by atoms with Gasteiger partial charge in [-0.1, -0.05) is 29.0 Å². The van der Waals surface area contributed by atoms with Crippen LogP contribution in [0.5, 0.6) is 0 Å². The van der Waals surface area contributed by atoms with Crippen LogP contribution in [0.1, 0.15) is 5.69 Å². The molecule has 0 aliphatic carbocycles. The first kappa shape index (κ1) is 9.68. The highest BCUT2D eigenvalue weighted by molar-refractivity contribution is 8.68. The first-order chi connectivity index (χ1) is 6.83. The molecule has 4 heteroatoms. The topological polar surface area (TPSA) is 17.8 Å². The van der Waals surface area contributed by atoms with Crippen molar-refractivity contribution in [2.45, 2.75) is 11.8 Å². The van der Waals surface area contributed by atoms with E-state index in [2.05, 4.69) is 16.8 Å². The summed E-state index contributed by atoms with van der Waals surface area (Å²) < 4.78 is 1.92. The van der Waals surface area contributed by atoms with Gasteiger partial charge in [-0.05, 0) is 19.1 Å². The summed E-state index contributed by atoms with van der Waals surface area (Å²) in [5.41, 5.74) is 2.20. The largest absolute Gasteiger partial charge is 0.237 e. The zero-order chi connectivity index (χ0) is 9.97. The number of benzene rings is 1. The molecule has 0 radical (unpaired) electrons. The third kappa shape index (κ3) is 1.67. The Bertz CT molecular complexity index is 423. The molecule has 14 heavy (non-hydrogen) atoms. The van der Waals surface area contributed by atoms with Gasteiger partial charge in [0.1, 0.15) is 0 Å². The van der Waals surface area contributed by atoms with Crippen molar-refractivity contribution < 1.29 is 0 Å². The second kappa shape index (κ2) is 4.11. The maximum Gasteiger partial charge on any atom is 0.0649 e. The molecule has 0 aliphatic rings. The van der Waals surface area contributed by atoms with Crippen molar-refractivity contribution in [2.75, 3.05) is 0 Å². The molecule has 2 rings (SSSR count). The minimum absolute atomic E-state index is 1.08. The van der Waals surface area contributed by atoms with Crippen LogP contribution in [0, 0.1) is 6.92 Å². The average Bonchev–Trinajstić information content (AvgIpc) is 2.61. The summed E-state index contributed by atoms with van der Waals surface area (Å²) in [7, 11) is 1.42. The molecule has 0 aliphatic heterocycles. The monoisotopic (exact) mass is 222 g/mol. The van der Waals surface area contributed by atoms with Crippen molar-refractivity contribution in [3.05, 3.63) is 42.2 Å². The summed E-state index contributed by atoms with van der Waals surface area (Å²) in [5.74, 6) is 0. The van der Waals surface area contributed by atoms with Crippen molar-refractivity contribution in [2.24, 2.45) is 0 Å². The van der Waals surface area contributed by atoms with Crippen LogP contribution in [0.25, 0.3) is 5.69 Å². The van der Waals surface area contributed by atoms with Crippen molar-refractivity contribution >= 4 is 22.5 Å². The maximum atomic E-state index is 4.30. The molecule has 0 fully saturated rings. The van der Waals surface area contributed by atoms with E-state index >= 15 is 0 Å². The number of para-hydroxylation sites is 1. The van der Waals surface area contributed by atoms with E-state index in [0.717, 1.165) is 16.3 Å². The number of nitrogens with zero attached hydrogens (tertiary/aromatic N) is 2. The van der Waals surface area contributed by atoms with Crippen LogP contribution < -0.4 is 0 Å². The summed E-state index contributed by atoms with van der Waals surface area (Å²) in [5, 5.41) is 4.30. The van der Waals surface area contributed by atoms with E-state index in [1.807, 2.05) is 48.1 Å². The van der Waals surface area contributed by atoms with Gasteiger partial charge in [0.2, 0.25) is 0 Å². The lowest BCUT2D eigenvalue weighted by Gasteiger charge is -2.03. The molecular weight excluding hydrogens is 212 g/mol. The minimum atomic E-state index is 1.08. The minimum Gasteiger partial charge on any atom is -0.237 e. The van der Waals surface area contributed by atoms with E-state index in [1.54, 1.807) is 0 Å². The summed E-state index contributed by atoms with van der Waals surface area (Å²) in [6, 6.07) is 10.1. The van der Waals surface area contributed by atoms with E-state index in [1.165, 1.54) is 10.8 Å². The van der Waals surface area contributed by atoms with Crippen LogP contribution in [0.3, 0.4) is 0 Å². The molecule has 2 aromatic rings.